The SMILES string of the molecule is CCC(C)C(=O)Oc1ccncc1. The van der Waals surface area contributed by atoms with E-state index < -0.39 is 0 Å². The largest absolute Gasteiger partial charge is 0.426 e. The summed E-state index contributed by atoms with van der Waals surface area (Å²) in [6, 6.07) is 3.33. The van der Waals surface area contributed by atoms with Gasteiger partial charge in [0.25, 0.3) is 0 Å². The zero-order chi connectivity index (χ0) is 9.68. The van der Waals surface area contributed by atoms with Crippen molar-refractivity contribution in [3.05, 3.63) is 24.5 Å². The first-order chi connectivity index (χ1) is 6.24. The molecule has 1 aromatic rings. The molecule has 0 aliphatic rings. The molecule has 1 aromatic heterocycles. The van der Waals surface area contributed by atoms with E-state index in [-0.39, 0.29) is 11.9 Å². The van der Waals surface area contributed by atoms with Crippen molar-refractivity contribution < 1.29 is 9.53 Å². The molecule has 0 saturated carbocycles. The summed E-state index contributed by atoms with van der Waals surface area (Å²) in [6.07, 6.45) is 3.99. The Morgan fingerprint density at radius 2 is 2.15 bits per heavy atom. The molecule has 0 radical (unpaired) electrons. The Labute approximate surface area is 77.8 Å². The van der Waals surface area contributed by atoms with Gasteiger partial charge in [0.15, 0.2) is 0 Å². The molecular weight excluding hydrogens is 166 g/mol. The van der Waals surface area contributed by atoms with Gasteiger partial charge in [-0.1, -0.05) is 13.8 Å². The smallest absolute Gasteiger partial charge is 0.314 e. The van der Waals surface area contributed by atoms with E-state index in [1.54, 1.807) is 24.5 Å². The van der Waals surface area contributed by atoms with Gasteiger partial charge in [-0.05, 0) is 18.6 Å². The van der Waals surface area contributed by atoms with Crippen LogP contribution in [0.1, 0.15) is 20.3 Å². The Bertz CT molecular complexity index is 272. The number of esters is 1. The maximum atomic E-state index is 11.3. The van der Waals surface area contributed by atoms with Crippen LogP contribution in [0, 0.1) is 5.92 Å². The van der Waals surface area contributed by atoms with Gasteiger partial charge in [-0.15, -0.1) is 0 Å². The molecule has 3 nitrogen and oxygen atoms in total. The van der Waals surface area contributed by atoms with Crippen LogP contribution in [0.25, 0.3) is 0 Å². The van der Waals surface area contributed by atoms with Crippen molar-refractivity contribution in [1.82, 2.24) is 4.98 Å². The van der Waals surface area contributed by atoms with Crippen LogP contribution in [-0.2, 0) is 4.79 Å². The molecule has 0 N–H and O–H groups in total. The lowest BCUT2D eigenvalue weighted by atomic mass is 10.1. The highest BCUT2D eigenvalue weighted by Crippen LogP contribution is 2.11. The minimum Gasteiger partial charge on any atom is -0.426 e. The quantitative estimate of drug-likeness (QED) is 0.666. The third-order valence-corrected chi connectivity index (χ3v) is 1.88. The van der Waals surface area contributed by atoms with Crippen LogP contribution in [0.5, 0.6) is 5.75 Å². The number of carbonyl (C=O) groups excluding carboxylic acids is 1. The minimum atomic E-state index is -0.186. The Balaban J connectivity index is 2.55. The van der Waals surface area contributed by atoms with Crippen molar-refractivity contribution in [2.45, 2.75) is 20.3 Å². The lowest BCUT2D eigenvalue weighted by Crippen LogP contribution is -2.16. The van der Waals surface area contributed by atoms with E-state index in [0.29, 0.717) is 5.75 Å². The summed E-state index contributed by atoms with van der Waals surface area (Å²) in [5.41, 5.74) is 0. The minimum absolute atomic E-state index is 0.0480. The zero-order valence-corrected chi connectivity index (χ0v) is 7.86. The maximum absolute atomic E-state index is 11.3. The normalized spacial score (nSPS) is 12.2. The monoisotopic (exact) mass is 179 g/mol. The molecule has 0 aromatic carbocycles. The number of hydrogen-bond donors (Lipinski definition) is 0. The van der Waals surface area contributed by atoms with Gasteiger partial charge < -0.3 is 4.74 Å². The molecule has 1 atom stereocenters. The van der Waals surface area contributed by atoms with E-state index in [4.69, 9.17) is 4.74 Å². The molecule has 0 aliphatic carbocycles. The Morgan fingerprint density at radius 1 is 1.54 bits per heavy atom. The Morgan fingerprint density at radius 3 is 2.69 bits per heavy atom. The van der Waals surface area contributed by atoms with Crippen molar-refractivity contribution in [2.75, 3.05) is 0 Å². The van der Waals surface area contributed by atoms with Crippen LogP contribution < -0.4 is 4.74 Å². The molecule has 1 rings (SSSR count). The summed E-state index contributed by atoms with van der Waals surface area (Å²) in [5, 5.41) is 0. The number of aromatic nitrogens is 1. The van der Waals surface area contributed by atoms with E-state index in [1.807, 2.05) is 13.8 Å². The number of nitrogens with zero attached hydrogens (tertiary/aromatic N) is 1. The molecule has 0 saturated heterocycles. The number of ether oxygens (including phenoxy) is 1. The standard InChI is InChI=1S/C10H13NO2/c1-3-8(2)10(12)13-9-4-6-11-7-5-9/h4-8H,3H2,1-2H3. The Hall–Kier alpha value is -1.38. The van der Waals surface area contributed by atoms with Crippen molar-refractivity contribution in [1.29, 1.82) is 0 Å². The second kappa shape index (κ2) is 4.60. The molecule has 0 bridgehead atoms. The predicted molar refractivity (Wildman–Crippen MR) is 49.3 cm³/mol. The van der Waals surface area contributed by atoms with Gasteiger partial charge in [-0.2, -0.15) is 0 Å². The van der Waals surface area contributed by atoms with Crippen LogP contribution in [0.4, 0.5) is 0 Å². The molecule has 0 aliphatic heterocycles. The highest BCUT2D eigenvalue weighted by molar-refractivity contribution is 5.74. The lowest BCUT2D eigenvalue weighted by molar-refractivity contribution is -0.138. The fourth-order valence-electron chi connectivity index (χ4n) is 0.790. The van der Waals surface area contributed by atoms with Gasteiger partial charge in [0, 0.05) is 12.4 Å². The molecule has 13 heavy (non-hydrogen) atoms. The van der Waals surface area contributed by atoms with Gasteiger partial charge in [0.05, 0.1) is 5.92 Å². The molecule has 0 amide bonds. The van der Waals surface area contributed by atoms with Crippen molar-refractivity contribution in [2.24, 2.45) is 5.92 Å². The van der Waals surface area contributed by atoms with E-state index in [2.05, 4.69) is 4.98 Å². The second-order valence-electron chi connectivity index (χ2n) is 2.91. The number of carbonyl (C=O) groups is 1. The van der Waals surface area contributed by atoms with Crippen molar-refractivity contribution in [3.8, 4) is 5.75 Å². The number of pyridine rings is 1. The molecule has 0 fully saturated rings. The van der Waals surface area contributed by atoms with Crippen LogP contribution in [0.2, 0.25) is 0 Å². The molecule has 3 heteroatoms. The molecule has 1 unspecified atom stereocenters. The van der Waals surface area contributed by atoms with Gasteiger partial charge in [0.2, 0.25) is 0 Å². The average molecular weight is 179 g/mol. The summed E-state index contributed by atoms with van der Waals surface area (Å²) in [5.74, 6) is 0.321. The second-order valence-corrected chi connectivity index (χ2v) is 2.91. The first kappa shape index (κ1) is 9.71. The van der Waals surface area contributed by atoms with Crippen LogP contribution in [0.3, 0.4) is 0 Å². The third kappa shape index (κ3) is 2.86. The van der Waals surface area contributed by atoms with Gasteiger partial charge in [-0.3, -0.25) is 9.78 Å². The van der Waals surface area contributed by atoms with E-state index in [0.717, 1.165) is 6.42 Å². The lowest BCUT2D eigenvalue weighted by Gasteiger charge is -2.07. The molecule has 1 heterocycles. The number of rotatable bonds is 3. The summed E-state index contributed by atoms with van der Waals surface area (Å²) in [6.45, 7) is 3.81. The summed E-state index contributed by atoms with van der Waals surface area (Å²) < 4.78 is 5.09. The fourth-order valence-corrected chi connectivity index (χ4v) is 0.790. The Kier molecular flexibility index (Phi) is 3.43. The van der Waals surface area contributed by atoms with Crippen LogP contribution in [0.15, 0.2) is 24.5 Å². The zero-order valence-electron chi connectivity index (χ0n) is 7.86. The predicted octanol–water partition coefficient (Wildman–Crippen LogP) is 2.03. The van der Waals surface area contributed by atoms with E-state index >= 15 is 0 Å². The topological polar surface area (TPSA) is 39.2 Å². The van der Waals surface area contributed by atoms with Gasteiger partial charge in [-0.25, -0.2) is 0 Å². The molecule has 0 spiro atoms. The maximum Gasteiger partial charge on any atom is 0.314 e. The highest BCUT2D eigenvalue weighted by atomic mass is 16.5. The van der Waals surface area contributed by atoms with Crippen LogP contribution >= 0.6 is 0 Å². The van der Waals surface area contributed by atoms with Gasteiger partial charge in [0.1, 0.15) is 5.75 Å². The first-order valence-electron chi connectivity index (χ1n) is 4.35. The highest BCUT2D eigenvalue weighted by Gasteiger charge is 2.12. The first-order valence-corrected chi connectivity index (χ1v) is 4.35. The van der Waals surface area contributed by atoms with Crippen molar-refractivity contribution >= 4 is 5.97 Å². The van der Waals surface area contributed by atoms with Crippen LogP contribution in [-0.4, -0.2) is 11.0 Å². The van der Waals surface area contributed by atoms with E-state index in [1.165, 1.54) is 0 Å². The summed E-state index contributed by atoms with van der Waals surface area (Å²) in [4.78, 5) is 15.1. The molecule has 70 valence electrons. The van der Waals surface area contributed by atoms with Gasteiger partial charge >= 0.3 is 5.97 Å². The van der Waals surface area contributed by atoms with Crippen molar-refractivity contribution in [3.63, 3.8) is 0 Å². The van der Waals surface area contributed by atoms with E-state index in [9.17, 15) is 4.79 Å². The summed E-state index contributed by atoms with van der Waals surface area (Å²) in [7, 11) is 0. The average Bonchev–Trinajstić information content (AvgIpc) is 2.18. The molecular formula is C10H13NO2. The fraction of sp³-hybridized carbons (Fsp3) is 0.400. The number of hydrogen-bond acceptors (Lipinski definition) is 3. The third-order valence-electron chi connectivity index (χ3n) is 1.88. The summed E-state index contributed by atoms with van der Waals surface area (Å²) >= 11 is 0.